The highest BCUT2D eigenvalue weighted by atomic mass is 127. The van der Waals surface area contributed by atoms with Gasteiger partial charge in [0.1, 0.15) is 0 Å². The smallest absolute Gasteiger partial charge is 0.252 e. The van der Waals surface area contributed by atoms with E-state index in [-0.39, 0.29) is 5.91 Å². The molecule has 1 atom stereocenters. The highest BCUT2D eigenvalue weighted by Gasteiger charge is 2.16. The van der Waals surface area contributed by atoms with Crippen molar-refractivity contribution >= 4 is 28.5 Å². The number of halogens is 1. The van der Waals surface area contributed by atoms with Crippen LogP contribution in [0.1, 0.15) is 28.8 Å². The molecule has 1 fully saturated rings. The van der Waals surface area contributed by atoms with E-state index in [0.29, 0.717) is 5.92 Å². The molecule has 2 N–H and O–H groups in total. The van der Waals surface area contributed by atoms with E-state index >= 15 is 0 Å². The zero-order valence-electron chi connectivity index (χ0n) is 10.6. The van der Waals surface area contributed by atoms with Crippen LogP contribution < -0.4 is 10.6 Å². The molecular weight excluding hydrogens is 339 g/mol. The molecule has 1 heterocycles. The van der Waals surface area contributed by atoms with Gasteiger partial charge in [0.2, 0.25) is 0 Å². The fraction of sp³-hybridized carbons (Fsp3) is 0.500. The van der Waals surface area contributed by atoms with Crippen molar-refractivity contribution in [1.29, 1.82) is 0 Å². The van der Waals surface area contributed by atoms with Gasteiger partial charge < -0.3 is 10.6 Å². The van der Waals surface area contributed by atoms with Gasteiger partial charge in [0, 0.05) is 10.1 Å². The van der Waals surface area contributed by atoms with E-state index in [2.05, 4.69) is 33.2 Å². The molecule has 1 amide bonds. The molecule has 1 aliphatic heterocycles. The van der Waals surface area contributed by atoms with Gasteiger partial charge in [0.15, 0.2) is 0 Å². The van der Waals surface area contributed by atoms with Crippen LogP contribution in [0.2, 0.25) is 0 Å². The molecule has 4 heteroatoms. The Kier molecular flexibility index (Phi) is 5.00. The Morgan fingerprint density at radius 1 is 1.56 bits per heavy atom. The molecule has 0 aromatic heterocycles. The van der Waals surface area contributed by atoms with Crippen molar-refractivity contribution in [2.75, 3.05) is 19.6 Å². The molecule has 1 aromatic carbocycles. The first-order valence-electron chi connectivity index (χ1n) is 6.42. The first-order valence-corrected chi connectivity index (χ1v) is 7.50. The van der Waals surface area contributed by atoms with Gasteiger partial charge >= 0.3 is 0 Å². The third kappa shape index (κ3) is 3.45. The highest BCUT2D eigenvalue weighted by molar-refractivity contribution is 14.1. The van der Waals surface area contributed by atoms with E-state index in [1.807, 2.05) is 25.1 Å². The topological polar surface area (TPSA) is 41.1 Å². The molecular formula is C14H19IN2O. The summed E-state index contributed by atoms with van der Waals surface area (Å²) in [7, 11) is 0. The number of nitrogens with one attached hydrogen (secondary N) is 2. The lowest BCUT2D eigenvalue weighted by Crippen LogP contribution is -2.38. The van der Waals surface area contributed by atoms with Crippen LogP contribution in [0, 0.1) is 16.4 Å². The Morgan fingerprint density at radius 3 is 3.11 bits per heavy atom. The van der Waals surface area contributed by atoms with Crippen LogP contribution in [0.5, 0.6) is 0 Å². The molecule has 1 saturated heterocycles. The number of rotatable bonds is 3. The van der Waals surface area contributed by atoms with Gasteiger partial charge in [-0.3, -0.25) is 4.79 Å². The van der Waals surface area contributed by atoms with Crippen LogP contribution in [0.15, 0.2) is 18.2 Å². The van der Waals surface area contributed by atoms with E-state index in [0.717, 1.165) is 34.3 Å². The minimum atomic E-state index is 0.0497. The standard InChI is InChI=1S/C14H19IN2O/c1-10-4-2-6-12(13(10)15)14(18)17-9-11-5-3-7-16-8-11/h2,4,6,11,16H,3,5,7-9H2,1H3,(H,17,18). The number of piperidine rings is 1. The zero-order chi connectivity index (χ0) is 13.0. The van der Waals surface area contributed by atoms with Crippen LogP contribution in [0.4, 0.5) is 0 Å². The van der Waals surface area contributed by atoms with Gasteiger partial charge in [-0.05, 0) is 73.0 Å². The van der Waals surface area contributed by atoms with Crippen molar-refractivity contribution in [1.82, 2.24) is 10.6 Å². The van der Waals surface area contributed by atoms with Crippen LogP contribution in [0.25, 0.3) is 0 Å². The number of carbonyl (C=O) groups excluding carboxylic acids is 1. The molecule has 0 spiro atoms. The van der Waals surface area contributed by atoms with E-state index in [1.165, 1.54) is 12.8 Å². The summed E-state index contributed by atoms with van der Waals surface area (Å²) in [5.74, 6) is 0.624. The largest absolute Gasteiger partial charge is 0.352 e. The summed E-state index contributed by atoms with van der Waals surface area (Å²) in [5, 5.41) is 6.42. The van der Waals surface area contributed by atoms with Crippen LogP contribution in [0.3, 0.4) is 0 Å². The predicted molar refractivity (Wildman–Crippen MR) is 81.8 cm³/mol. The van der Waals surface area contributed by atoms with Gasteiger partial charge in [-0.1, -0.05) is 12.1 Å². The number of hydrogen-bond donors (Lipinski definition) is 2. The summed E-state index contributed by atoms with van der Waals surface area (Å²) in [6.07, 6.45) is 2.42. The molecule has 1 unspecified atom stereocenters. The lowest BCUT2D eigenvalue weighted by molar-refractivity contribution is 0.0944. The molecule has 98 valence electrons. The Bertz CT molecular complexity index is 428. The summed E-state index contributed by atoms with van der Waals surface area (Å²) in [4.78, 5) is 12.1. The molecule has 3 nitrogen and oxygen atoms in total. The normalized spacial score (nSPS) is 19.6. The first kappa shape index (κ1) is 13.8. The van der Waals surface area contributed by atoms with Crippen molar-refractivity contribution in [2.45, 2.75) is 19.8 Å². The second-order valence-corrected chi connectivity index (χ2v) is 5.94. The van der Waals surface area contributed by atoms with Gasteiger partial charge in [-0.15, -0.1) is 0 Å². The van der Waals surface area contributed by atoms with E-state index in [9.17, 15) is 4.79 Å². The highest BCUT2D eigenvalue weighted by Crippen LogP contribution is 2.16. The number of hydrogen-bond acceptors (Lipinski definition) is 2. The Labute approximate surface area is 122 Å². The molecule has 1 aliphatic rings. The lowest BCUT2D eigenvalue weighted by Gasteiger charge is -2.23. The van der Waals surface area contributed by atoms with Crippen LogP contribution in [-0.4, -0.2) is 25.5 Å². The number of carbonyl (C=O) groups is 1. The monoisotopic (exact) mass is 358 g/mol. The summed E-state index contributed by atoms with van der Waals surface area (Å²) >= 11 is 2.24. The molecule has 0 saturated carbocycles. The predicted octanol–water partition coefficient (Wildman–Crippen LogP) is 2.33. The minimum absolute atomic E-state index is 0.0497. The van der Waals surface area contributed by atoms with Crippen molar-refractivity contribution in [3.8, 4) is 0 Å². The second-order valence-electron chi connectivity index (χ2n) is 4.86. The summed E-state index contributed by atoms with van der Waals surface area (Å²) < 4.78 is 1.05. The quantitative estimate of drug-likeness (QED) is 0.815. The molecule has 1 aromatic rings. The Morgan fingerprint density at radius 2 is 2.39 bits per heavy atom. The fourth-order valence-corrected chi connectivity index (χ4v) is 2.86. The van der Waals surface area contributed by atoms with Crippen molar-refractivity contribution in [2.24, 2.45) is 5.92 Å². The van der Waals surface area contributed by atoms with Crippen LogP contribution >= 0.6 is 22.6 Å². The zero-order valence-corrected chi connectivity index (χ0v) is 12.8. The summed E-state index contributed by atoms with van der Waals surface area (Å²) in [5.41, 5.74) is 1.95. The van der Waals surface area contributed by atoms with Crippen LogP contribution in [-0.2, 0) is 0 Å². The van der Waals surface area contributed by atoms with E-state index < -0.39 is 0 Å². The van der Waals surface area contributed by atoms with Gasteiger partial charge in [-0.25, -0.2) is 0 Å². The Hall–Kier alpha value is -0.620. The average Bonchev–Trinajstić information content (AvgIpc) is 2.40. The van der Waals surface area contributed by atoms with Crippen molar-refractivity contribution < 1.29 is 4.79 Å². The molecule has 0 radical (unpaired) electrons. The molecule has 0 bridgehead atoms. The fourth-order valence-electron chi connectivity index (χ4n) is 2.25. The maximum atomic E-state index is 12.1. The average molecular weight is 358 g/mol. The van der Waals surface area contributed by atoms with Gasteiger partial charge in [0.25, 0.3) is 5.91 Å². The number of benzene rings is 1. The summed E-state index contributed by atoms with van der Waals surface area (Å²) in [6.45, 7) is 4.94. The SMILES string of the molecule is Cc1cccc(C(=O)NCC2CCCNC2)c1I. The Balaban J connectivity index is 1.93. The summed E-state index contributed by atoms with van der Waals surface area (Å²) in [6, 6.07) is 5.86. The molecule has 2 rings (SSSR count). The maximum Gasteiger partial charge on any atom is 0.252 e. The third-order valence-electron chi connectivity index (χ3n) is 3.39. The maximum absolute atomic E-state index is 12.1. The lowest BCUT2D eigenvalue weighted by atomic mass is 9.99. The van der Waals surface area contributed by atoms with Gasteiger partial charge in [0.05, 0.1) is 5.56 Å². The second kappa shape index (κ2) is 6.52. The van der Waals surface area contributed by atoms with E-state index in [1.54, 1.807) is 0 Å². The first-order chi connectivity index (χ1) is 8.68. The number of aryl methyl sites for hydroxylation is 1. The minimum Gasteiger partial charge on any atom is -0.352 e. The van der Waals surface area contributed by atoms with Crippen molar-refractivity contribution in [3.63, 3.8) is 0 Å². The number of amides is 1. The van der Waals surface area contributed by atoms with E-state index in [4.69, 9.17) is 0 Å². The molecule has 0 aliphatic carbocycles. The van der Waals surface area contributed by atoms with Gasteiger partial charge in [-0.2, -0.15) is 0 Å². The third-order valence-corrected chi connectivity index (χ3v) is 4.82. The molecule has 18 heavy (non-hydrogen) atoms. The van der Waals surface area contributed by atoms with Crippen molar-refractivity contribution in [3.05, 3.63) is 32.9 Å².